The summed E-state index contributed by atoms with van der Waals surface area (Å²) < 4.78 is 1.38. The lowest BCUT2D eigenvalue weighted by molar-refractivity contribution is -0.121. The normalized spacial score (nSPS) is 15.9. The Morgan fingerprint density at radius 3 is 2.80 bits per heavy atom. The highest BCUT2D eigenvalue weighted by Crippen LogP contribution is 2.30. The van der Waals surface area contributed by atoms with E-state index in [-0.39, 0.29) is 11.7 Å². The minimum absolute atomic E-state index is 0.0886. The van der Waals surface area contributed by atoms with Gasteiger partial charge in [-0.1, -0.05) is 15.9 Å². The third-order valence-electron chi connectivity index (χ3n) is 3.02. The molecule has 1 heterocycles. The van der Waals surface area contributed by atoms with E-state index in [1.165, 1.54) is 6.21 Å². The van der Waals surface area contributed by atoms with Gasteiger partial charge in [0.15, 0.2) is 0 Å². The summed E-state index contributed by atoms with van der Waals surface area (Å²) in [5, 5.41) is 13.7. The summed E-state index contributed by atoms with van der Waals surface area (Å²) in [6.45, 7) is 2.30. The van der Waals surface area contributed by atoms with Crippen LogP contribution in [-0.4, -0.2) is 41.8 Å². The highest BCUT2D eigenvalue weighted by molar-refractivity contribution is 9.11. The van der Waals surface area contributed by atoms with E-state index in [0.717, 1.165) is 30.4 Å². The monoisotopic (exact) mass is 403 g/mol. The van der Waals surface area contributed by atoms with Gasteiger partial charge in [0.2, 0.25) is 0 Å². The zero-order valence-electron chi connectivity index (χ0n) is 10.8. The number of nitrogens with one attached hydrogen (secondary N) is 1. The van der Waals surface area contributed by atoms with Gasteiger partial charge in [-0.3, -0.25) is 9.69 Å². The number of halogens is 2. The van der Waals surface area contributed by atoms with Crippen molar-refractivity contribution >= 4 is 44.0 Å². The molecule has 1 aromatic carbocycles. The van der Waals surface area contributed by atoms with Crippen molar-refractivity contribution in [1.29, 1.82) is 0 Å². The summed E-state index contributed by atoms with van der Waals surface area (Å²) in [6, 6.07) is 3.45. The number of carbonyl (C=O) groups is 1. The molecule has 2 rings (SSSR count). The molecule has 0 spiro atoms. The molecule has 0 aliphatic carbocycles. The summed E-state index contributed by atoms with van der Waals surface area (Å²) in [5.74, 6) is -0.0533. The maximum atomic E-state index is 11.7. The van der Waals surface area contributed by atoms with Gasteiger partial charge >= 0.3 is 0 Å². The van der Waals surface area contributed by atoms with E-state index in [9.17, 15) is 9.90 Å². The molecule has 0 unspecified atom stereocenters. The topological polar surface area (TPSA) is 64.9 Å². The summed E-state index contributed by atoms with van der Waals surface area (Å²) in [4.78, 5) is 13.8. The Morgan fingerprint density at radius 2 is 2.10 bits per heavy atom. The Bertz CT molecular complexity index is 529. The fourth-order valence-corrected chi connectivity index (χ4v) is 3.30. The first-order valence-corrected chi connectivity index (χ1v) is 7.87. The number of amides is 1. The molecule has 2 N–H and O–H groups in total. The number of phenols is 1. The van der Waals surface area contributed by atoms with Gasteiger partial charge in [0, 0.05) is 10.0 Å². The lowest BCUT2D eigenvalue weighted by Crippen LogP contribution is -2.33. The molecule has 5 nitrogen and oxygen atoms in total. The molecule has 0 radical (unpaired) electrons. The van der Waals surface area contributed by atoms with E-state index in [1.54, 1.807) is 12.1 Å². The third-order valence-corrected chi connectivity index (χ3v) is 4.08. The van der Waals surface area contributed by atoms with Crippen LogP contribution in [0.2, 0.25) is 0 Å². The van der Waals surface area contributed by atoms with Crippen LogP contribution in [0.5, 0.6) is 5.75 Å². The number of hydrogen-bond acceptors (Lipinski definition) is 4. The molecule has 20 heavy (non-hydrogen) atoms. The van der Waals surface area contributed by atoms with Crippen molar-refractivity contribution in [1.82, 2.24) is 10.3 Å². The Kier molecular flexibility index (Phi) is 5.56. The maximum Gasteiger partial charge on any atom is 0.254 e. The van der Waals surface area contributed by atoms with Crippen molar-refractivity contribution in [3.63, 3.8) is 0 Å². The second-order valence-corrected chi connectivity index (χ2v) is 6.37. The molecule has 1 saturated heterocycles. The minimum atomic E-state index is -0.142. The number of nitrogens with zero attached hydrogens (tertiary/aromatic N) is 2. The van der Waals surface area contributed by atoms with Gasteiger partial charge < -0.3 is 5.11 Å². The van der Waals surface area contributed by atoms with Crippen LogP contribution < -0.4 is 5.43 Å². The van der Waals surface area contributed by atoms with Crippen LogP contribution in [0.4, 0.5) is 0 Å². The average molecular weight is 405 g/mol. The lowest BCUT2D eigenvalue weighted by Gasteiger charge is -2.12. The number of benzene rings is 1. The molecule has 108 valence electrons. The second kappa shape index (κ2) is 7.19. The zero-order chi connectivity index (χ0) is 14.5. The van der Waals surface area contributed by atoms with Gasteiger partial charge in [0.1, 0.15) is 5.75 Å². The molecule has 1 amide bonds. The van der Waals surface area contributed by atoms with E-state index < -0.39 is 0 Å². The molecule has 1 aliphatic rings. The SMILES string of the molecule is O=C(CN1CCCC1)N/N=C\c1cc(Br)cc(Br)c1O. The van der Waals surface area contributed by atoms with Crippen molar-refractivity contribution in [3.05, 3.63) is 26.6 Å². The van der Waals surface area contributed by atoms with Gasteiger partial charge in [0.05, 0.1) is 17.2 Å². The van der Waals surface area contributed by atoms with E-state index in [1.807, 2.05) is 0 Å². The first-order chi connectivity index (χ1) is 9.56. The fraction of sp³-hybridized carbons (Fsp3) is 0.385. The van der Waals surface area contributed by atoms with Gasteiger partial charge in [-0.25, -0.2) is 5.43 Å². The van der Waals surface area contributed by atoms with Crippen LogP contribution in [0.3, 0.4) is 0 Å². The molecule has 1 aliphatic heterocycles. The highest BCUT2D eigenvalue weighted by atomic mass is 79.9. The van der Waals surface area contributed by atoms with Crippen molar-refractivity contribution in [2.24, 2.45) is 5.10 Å². The standard InChI is InChI=1S/C13H15Br2N3O2/c14-10-5-9(13(20)11(15)6-10)7-16-17-12(19)8-18-3-1-2-4-18/h5-7,20H,1-4,8H2,(H,17,19)/b16-7-. The Morgan fingerprint density at radius 1 is 1.40 bits per heavy atom. The average Bonchev–Trinajstić information content (AvgIpc) is 2.87. The van der Waals surface area contributed by atoms with Gasteiger partial charge in [0.25, 0.3) is 5.91 Å². The molecule has 0 saturated carbocycles. The van der Waals surface area contributed by atoms with Crippen molar-refractivity contribution in [3.8, 4) is 5.75 Å². The number of rotatable bonds is 4. The summed E-state index contributed by atoms with van der Waals surface area (Å²) in [7, 11) is 0. The summed E-state index contributed by atoms with van der Waals surface area (Å²) in [5.41, 5.74) is 2.99. The third kappa shape index (κ3) is 4.29. The molecular weight excluding hydrogens is 390 g/mol. The number of hydrazone groups is 1. The van der Waals surface area contributed by atoms with E-state index in [2.05, 4.69) is 47.3 Å². The maximum absolute atomic E-state index is 11.7. The summed E-state index contributed by atoms with van der Waals surface area (Å²) >= 11 is 6.57. The molecular formula is C13H15Br2N3O2. The van der Waals surface area contributed by atoms with Gasteiger partial charge in [-0.2, -0.15) is 5.10 Å². The zero-order valence-corrected chi connectivity index (χ0v) is 13.9. The molecule has 7 heteroatoms. The minimum Gasteiger partial charge on any atom is -0.506 e. The molecule has 1 fully saturated rings. The fourth-order valence-electron chi connectivity index (χ4n) is 2.04. The summed E-state index contributed by atoms with van der Waals surface area (Å²) in [6.07, 6.45) is 3.72. The number of carbonyl (C=O) groups excluding carboxylic acids is 1. The van der Waals surface area contributed by atoms with Crippen LogP contribution in [0.1, 0.15) is 18.4 Å². The Hall–Kier alpha value is -0.920. The molecule has 0 atom stereocenters. The Labute approximate surface area is 134 Å². The predicted molar refractivity (Wildman–Crippen MR) is 84.9 cm³/mol. The first-order valence-electron chi connectivity index (χ1n) is 6.28. The van der Waals surface area contributed by atoms with Crippen LogP contribution >= 0.6 is 31.9 Å². The van der Waals surface area contributed by atoms with Crippen LogP contribution in [0.25, 0.3) is 0 Å². The van der Waals surface area contributed by atoms with Gasteiger partial charge in [-0.15, -0.1) is 0 Å². The van der Waals surface area contributed by atoms with Crippen molar-refractivity contribution in [2.75, 3.05) is 19.6 Å². The number of hydrogen-bond donors (Lipinski definition) is 2. The quantitative estimate of drug-likeness (QED) is 0.598. The van der Waals surface area contributed by atoms with Crippen molar-refractivity contribution in [2.45, 2.75) is 12.8 Å². The van der Waals surface area contributed by atoms with E-state index >= 15 is 0 Å². The Balaban J connectivity index is 1.91. The number of phenolic OH excluding ortho intramolecular Hbond substituents is 1. The van der Waals surface area contributed by atoms with Crippen LogP contribution in [0.15, 0.2) is 26.2 Å². The van der Waals surface area contributed by atoms with E-state index in [0.29, 0.717) is 16.6 Å². The van der Waals surface area contributed by atoms with Crippen LogP contribution in [0, 0.1) is 0 Å². The largest absolute Gasteiger partial charge is 0.506 e. The van der Waals surface area contributed by atoms with Crippen molar-refractivity contribution < 1.29 is 9.90 Å². The molecule has 1 aromatic rings. The van der Waals surface area contributed by atoms with E-state index in [4.69, 9.17) is 0 Å². The molecule has 0 aromatic heterocycles. The second-order valence-electron chi connectivity index (χ2n) is 4.60. The lowest BCUT2D eigenvalue weighted by atomic mass is 10.2. The van der Waals surface area contributed by atoms with Crippen LogP contribution in [-0.2, 0) is 4.79 Å². The molecule has 0 bridgehead atoms. The highest BCUT2D eigenvalue weighted by Gasteiger charge is 2.14. The first kappa shape index (κ1) is 15.5. The predicted octanol–water partition coefficient (Wildman–Crippen LogP) is 2.46. The smallest absolute Gasteiger partial charge is 0.254 e. The number of likely N-dealkylation sites (tertiary alicyclic amines) is 1. The number of aromatic hydroxyl groups is 1. The van der Waals surface area contributed by atoms with Gasteiger partial charge in [-0.05, 0) is 54.0 Å².